The van der Waals surface area contributed by atoms with Crippen LogP contribution in [0.3, 0.4) is 0 Å². The summed E-state index contributed by atoms with van der Waals surface area (Å²) in [6.45, 7) is 0.806. The Morgan fingerprint density at radius 1 is 1.00 bits per heavy atom. The summed E-state index contributed by atoms with van der Waals surface area (Å²) in [6, 6.07) is 16.3. The summed E-state index contributed by atoms with van der Waals surface area (Å²) in [6.07, 6.45) is 1.63. The second-order valence-corrected chi connectivity index (χ2v) is 5.94. The lowest BCUT2D eigenvalue weighted by Gasteiger charge is -2.06. The smallest absolute Gasteiger partial charge is 0.294 e. The highest BCUT2D eigenvalue weighted by atomic mass is 32.2. The number of para-hydroxylation sites is 1. The molecule has 0 unspecified atom stereocenters. The largest absolute Gasteiger partial charge is 0.385 e. The Morgan fingerprint density at radius 3 is 2.45 bits per heavy atom. The molecule has 0 bridgehead atoms. The highest BCUT2D eigenvalue weighted by molar-refractivity contribution is 7.85. The summed E-state index contributed by atoms with van der Waals surface area (Å²) >= 11 is 0. The monoisotopic (exact) mass is 291 g/mol. The van der Waals surface area contributed by atoms with Gasteiger partial charge in [-0.2, -0.15) is 8.42 Å². The SMILES string of the molecule is O=S(=O)(O)c1cccc(CCCNc2ccccc2)c1. The van der Waals surface area contributed by atoms with Crippen molar-refractivity contribution >= 4 is 15.8 Å². The van der Waals surface area contributed by atoms with Crippen molar-refractivity contribution in [3.63, 3.8) is 0 Å². The molecule has 0 aliphatic carbocycles. The van der Waals surface area contributed by atoms with Gasteiger partial charge in [-0.15, -0.1) is 0 Å². The van der Waals surface area contributed by atoms with Crippen LogP contribution in [-0.2, 0) is 16.5 Å². The Kier molecular flexibility index (Phi) is 4.76. The molecule has 2 rings (SSSR count). The van der Waals surface area contributed by atoms with E-state index in [0.717, 1.165) is 30.6 Å². The molecule has 0 amide bonds. The van der Waals surface area contributed by atoms with E-state index in [1.54, 1.807) is 6.07 Å². The number of anilines is 1. The van der Waals surface area contributed by atoms with Crippen LogP contribution in [-0.4, -0.2) is 19.5 Å². The topological polar surface area (TPSA) is 66.4 Å². The number of nitrogens with one attached hydrogen (secondary N) is 1. The molecule has 2 N–H and O–H groups in total. The van der Waals surface area contributed by atoms with Crippen molar-refractivity contribution in [2.75, 3.05) is 11.9 Å². The molecule has 2 aromatic rings. The van der Waals surface area contributed by atoms with E-state index < -0.39 is 10.1 Å². The molecule has 0 saturated carbocycles. The number of benzene rings is 2. The molecule has 2 aromatic carbocycles. The fourth-order valence-corrected chi connectivity index (χ4v) is 2.49. The van der Waals surface area contributed by atoms with Crippen LogP contribution >= 0.6 is 0 Å². The molecular weight excluding hydrogens is 274 g/mol. The van der Waals surface area contributed by atoms with Gasteiger partial charge in [0, 0.05) is 12.2 Å². The molecule has 0 radical (unpaired) electrons. The van der Waals surface area contributed by atoms with Crippen LogP contribution < -0.4 is 5.32 Å². The molecule has 0 fully saturated rings. The highest BCUT2D eigenvalue weighted by Gasteiger charge is 2.09. The van der Waals surface area contributed by atoms with Crippen LogP contribution in [0.5, 0.6) is 0 Å². The molecule has 0 aliphatic rings. The molecular formula is C15H17NO3S. The maximum absolute atomic E-state index is 11.0. The first-order valence-corrected chi connectivity index (χ1v) is 7.85. The number of rotatable bonds is 6. The van der Waals surface area contributed by atoms with E-state index in [9.17, 15) is 8.42 Å². The second kappa shape index (κ2) is 6.54. The lowest BCUT2D eigenvalue weighted by Crippen LogP contribution is -2.03. The number of aryl methyl sites for hydroxylation is 1. The van der Waals surface area contributed by atoms with Crippen molar-refractivity contribution in [2.45, 2.75) is 17.7 Å². The van der Waals surface area contributed by atoms with Gasteiger partial charge in [0.05, 0.1) is 4.90 Å². The van der Waals surface area contributed by atoms with Gasteiger partial charge in [0.15, 0.2) is 0 Å². The Labute approximate surface area is 119 Å². The minimum atomic E-state index is -4.11. The molecule has 106 valence electrons. The van der Waals surface area contributed by atoms with E-state index in [1.807, 2.05) is 36.4 Å². The Bertz CT molecular complexity index is 654. The van der Waals surface area contributed by atoms with Crippen molar-refractivity contribution < 1.29 is 13.0 Å². The van der Waals surface area contributed by atoms with Crippen LogP contribution in [0, 0.1) is 0 Å². The van der Waals surface area contributed by atoms with Gasteiger partial charge in [-0.05, 0) is 42.7 Å². The van der Waals surface area contributed by atoms with Crippen molar-refractivity contribution in [3.8, 4) is 0 Å². The van der Waals surface area contributed by atoms with Crippen molar-refractivity contribution in [2.24, 2.45) is 0 Å². The lowest BCUT2D eigenvalue weighted by molar-refractivity contribution is 0.483. The average molecular weight is 291 g/mol. The maximum atomic E-state index is 11.0. The van der Waals surface area contributed by atoms with Crippen LogP contribution in [0.15, 0.2) is 59.5 Å². The predicted octanol–water partition coefficient (Wildman–Crippen LogP) is 2.98. The highest BCUT2D eigenvalue weighted by Crippen LogP contribution is 2.13. The Hall–Kier alpha value is -1.85. The van der Waals surface area contributed by atoms with Gasteiger partial charge in [0.1, 0.15) is 0 Å². The molecule has 0 heterocycles. The van der Waals surface area contributed by atoms with E-state index in [1.165, 1.54) is 12.1 Å². The normalized spacial score (nSPS) is 11.2. The molecule has 0 atom stereocenters. The zero-order valence-corrected chi connectivity index (χ0v) is 11.8. The van der Waals surface area contributed by atoms with E-state index >= 15 is 0 Å². The fourth-order valence-electron chi connectivity index (χ4n) is 1.94. The second-order valence-electron chi connectivity index (χ2n) is 4.52. The molecule has 4 nitrogen and oxygen atoms in total. The Morgan fingerprint density at radius 2 is 1.75 bits per heavy atom. The van der Waals surface area contributed by atoms with Gasteiger partial charge in [-0.3, -0.25) is 4.55 Å². The van der Waals surface area contributed by atoms with Gasteiger partial charge in [0.25, 0.3) is 10.1 Å². The standard InChI is InChI=1S/C15H17NO3S/c17-20(18,19)15-10-4-6-13(12-15)7-5-11-16-14-8-2-1-3-9-14/h1-4,6,8-10,12,16H,5,7,11H2,(H,17,18,19). The first-order chi connectivity index (χ1) is 9.55. The summed E-state index contributed by atoms with van der Waals surface area (Å²) < 4.78 is 31.1. The average Bonchev–Trinajstić information content (AvgIpc) is 2.44. The maximum Gasteiger partial charge on any atom is 0.294 e. The van der Waals surface area contributed by atoms with E-state index in [-0.39, 0.29) is 4.90 Å². The van der Waals surface area contributed by atoms with Gasteiger partial charge in [-0.25, -0.2) is 0 Å². The van der Waals surface area contributed by atoms with Crippen molar-refractivity contribution in [1.82, 2.24) is 0 Å². The van der Waals surface area contributed by atoms with Gasteiger partial charge < -0.3 is 5.32 Å². The third-order valence-corrected chi connectivity index (χ3v) is 3.79. The minimum absolute atomic E-state index is 0.0500. The first-order valence-electron chi connectivity index (χ1n) is 6.41. The van der Waals surface area contributed by atoms with Crippen LogP contribution in [0.2, 0.25) is 0 Å². The number of hydrogen-bond acceptors (Lipinski definition) is 3. The molecule has 0 aromatic heterocycles. The van der Waals surface area contributed by atoms with Crippen LogP contribution in [0.1, 0.15) is 12.0 Å². The number of hydrogen-bond donors (Lipinski definition) is 2. The van der Waals surface area contributed by atoms with Crippen LogP contribution in [0.25, 0.3) is 0 Å². The Balaban J connectivity index is 1.86. The lowest BCUT2D eigenvalue weighted by atomic mass is 10.1. The van der Waals surface area contributed by atoms with Gasteiger partial charge in [0.2, 0.25) is 0 Å². The van der Waals surface area contributed by atoms with E-state index in [2.05, 4.69) is 5.32 Å². The summed E-state index contributed by atoms with van der Waals surface area (Å²) in [5.74, 6) is 0. The molecule has 0 aliphatic heterocycles. The molecule has 0 saturated heterocycles. The summed E-state index contributed by atoms with van der Waals surface area (Å²) in [4.78, 5) is -0.0500. The summed E-state index contributed by atoms with van der Waals surface area (Å²) in [5.41, 5.74) is 1.97. The quantitative estimate of drug-likeness (QED) is 0.634. The predicted molar refractivity (Wildman–Crippen MR) is 79.5 cm³/mol. The fraction of sp³-hybridized carbons (Fsp3) is 0.200. The molecule has 0 spiro atoms. The van der Waals surface area contributed by atoms with Gasteiger partial charge in [-0.1, -0.05) is 30.3 Å². The summed E-state index contributed by atoms with van der Waals surface area (Å²) in [5, 5.41) is 3.29. The van der Waals surface area contributed by atoms with Crippen molar-refractivity contribution in [1.29, 1.82) is 0 Å². The zero-order chi connectivity index (χ0) is 14.4. The molecule has 5 heteroatoms. The van der Waals surface area contributed by atoms with E-state index in [0.29, 0.717) is 0 Å². The van der Waals surface area contributed by atoms with Gasteiger partial charge >= 0.3 is 0 Å². The zero-order valence-electron chi connectivity index (χ0n) is 11.0. The summed E-state index contributed by atoms with van der Waals surface area (Å²) in [7, 11) is -4.11. The molecule has 20 heavy (non-hydrogen) atoms. The van der Waals surface area contributed by atoms with Crippen LogP contribution in [0.4, 0.5) is 5.69 Å². The third-order valence-electron chi connectivity index (χ3n) is 2.94. The minimum Gasteiger partial charge on any atom is -0.385 e. The van der Waals surface area contributed by atoms with Crippen molar-refractivity contribution in [3.05, 3.63) is 60.2 Å². The third kappa shape index (κ3) is 4.36. The first kappa shape index (κ1) is 14.6. The van der Waals surface area contributed by atoms with E-state index in [4.69, 9.17) is 4.55 Å².